The fourth-order valence-corrected chi connectivity index (χ4v) is 2.45. The summed E-state index contributed by atoms with van der Waals surface area (Å²) in [5, 5.41) is 8.50. The summed E-state index contributed by atoms with van der Waals surface area (Å²) < 4.78 is 2.16. The van der Waals surface area contributed by atoms with E-state index in [4.69, 9.17) is 5.73 Å². The molecule has 0 radical (unpaired) electrons. The molecule has 0 fully saturated rings. The number of hydrogen-bond acceptors (Lipinski definition) is 3. The molecule has 2 aromatic rings. The first-order valence-corrected chi connectivity index (χ1v) is 5.96. The van der Waals surface area contributed by atoms with Gasteiger partial charge in [-0.2, -0.15) is 0 Å². The molecule has 0 bridgehead atoms. The minimum atomic E-state index is -0.573. The molecular formula is C13H16N4. The van der Waals surface area contributed by atoms with E-state index >= 15 is 0 Å². The molecule has 2 N–H and O–H groups in total. The van der Waals surface area contributed by atoms with Gasteiger partial charge in [0.25, 0.3) is 0 Å². The van der Waals surface area contributed by atoms with Gasteiger partial charge < -0.3 is 10.3 Å². The molecule has 0 aliphatic carbocycles. The van der Waals surface area contributed by atoms with Gasteiger partial charge in [0.2, 0.25) is 0 Å². The summed E-state index contributed by atoms with van der Waals surface area (Å²) in [5.41, 5.74) is 6.95. The van der Waals surface area contributed by atoms with Gasteiger partial charge in [0.05, 0.1) is 5.54 Å². The largest absolute Gasteiger partial charge is 0.315 e. The Balaban J connectivity index is 2.08. The topological polar surface area (TPSA) is 56.7 Å². The van der Waals surface area contributed by atoms with Gasteiger partial charge in [-0.05, 0) is 18.9 Å². The van der Waals surface area contributed by atoms with Crippen LogP contribution in [0, 0.1) is 0 Å². The second kappa shape index (κ2) is 3.67. The average molecular weight is 228 g/mol. The molecule has 1 atom stereocenters. The van der Waals surface area contributed by atoms with Crippen molar-refractivity contribution < 1.29 is 0 Å². The van der Waals surface area contributed by atoms with Crippen molar-refractivity contribution in [1.82, 2.24) is 14.8 Å². The number of nitrogens with two attached hydrogens (primary N) is 1. The number of hydrogen-bond donors (Lipinski definition) is 1. The Morgan fingerprint density at radius 1 is 1.24 bits per heavy atom. The highest BCUT2D eigenvalue weighted by molar-refractivity contribution is 5.30. The van der Waals surface area contributed by atoms with Crippen molar-refractivity contribution in [3.63, 3.8) is 0 Å². The van der Waals surface area contributed by atoms with Crippen LogP contribution in [0.2, 0.25) is 0 Å². The molecule has 88 valence electrons. The highest BCUT2D eigenvalue weighted by atomic mass is 15.3. The monoisotopic (exact) mass is 228 g/mol. The zero-order chi connectivity index (χ0) is 11.9. The number of rotatable bonds is 2. The molecule has 0 amide bonds. The molecule has 17 heavy (non-hydrogen) atoms. The summed E-state index contributed by atoms with van der Waals surface area (Å²) in [4.78, 5) is 0. The Hall–Kier alpha value is -1.68. The smallest absolute Gasteiger partial charge is 0.157 e. The SMILES string of the molecule is CC(N)(c1ccccc1)c1nnc2n1CCC2. The number of fused-ring (bicyclic) bond motifs is 1. The van der Waals surface area contributed by atoms with Crippen LogP contribution in [0.15, 0.2) is 30.3 Å². The van der Waals surface area contributed by atoms with Crippen LogP contribution in [-0.2, 0) is 18.5 Å². The van der Waals surface area contributed by atoms with E-state index in [-0.39, 0.29) is 0 Å². The maximum atomic E-state index is 6.45. The summed E-state index contributed by atoms with van der Waals surface area (Å²) >= 11 is 0. The standard InChI is InChI=1S/C13H16N4/c1-13(14,10-6-3-2-4-7-10)12-16-15-11-8-5-9-17(11)12/h2-4,6-7H,5,8-9,14H2,1H3. The van der Waals surface area contributed by atoms with Gasteiger partial charge in [-0.1, -0.05) is 30.3 Å². The van der Waals surface area contributed by atoms with Crippen LogP contribution in [0.5, 0.6) is 0 Å². The van der Waals surface area contributed by atoms with Crippen LogP contribution in [-0.4, -0.2) is 14.8 Å². The van der Waals surface area contributed by atoms with Crippen molar-refractivity contribution in [3.05, 3.63) is 47.5 Å². The molecule has 2 heterocycles. The third kappa shape index (κ3) is 1.56. The molecular weight excluding hydrogens is 212 g/mol. The summed E-state index contributed by atoms with van der Waals surface area (Å²) in [5.74, 6) is 1.93. The Morgan fingerprint density at radius 2 is 2.00 bits per heavy atom. The molecule has 3 rings (SSSR count). The van der Waals surface area contributed by atoms with E-state index in [1.807, 2.05) is 37.3 Å². The predicted molar refractivity (Wildman–Crippen MR) is 65.4 cm³/mol. The quantitative estimate of drug-likeness (QED) is 0.846. The first-order chi connectivity index (χ1) is 8.19. The van der Waals surface area contributed by atoms with E-state index in [2.05, 4.69) is 14.8 Å². The average Bonchev–Trinajstić information content (AvgIpc) is 2.91. The third-order valence-corrected chi connectivity index (χ3v) is 3.45. The Bertz CT molecular complexity index is 528. The lowest BCUT2D eigenvalue weighted by atomic mass is 9.92. The van der Waals surface area contributed by atoms with Crippen molar-refractivity contribution in [2.75, 3.05) is 0 Å². The van der Waals surface area contributed by atoms with Gasteiger partial charge in [0.1, 0.15) is 5.82 Å². The Morgan fingerprint density at radius 3 is 2.76 bits per heavy atom. The lowest BCUT2D eigenvalue weighted by Gasteiger charge is -2.24. The Kier molecular flexibility index (Phi) is 2.26. The van der Waals surface area contributed by atoms with Crippen molar-refractivity contribution in [2.45, 2.75) is 31.8 Å². The summed E-state index contributed by atoms with van der Waals surface area (Å²) in [6.07, 6.45) is 2.15. The Labute approximate surface area is 100 Å². The number of aryl methyl sites for hydroxylation is 1. The van der Waals surface area contributed by atoms with E-state index in [9.17, 15) is 0 Å². The van der Waals surface area contributed by atoms with Crippen LogP contribution in [0.3, 0.4) is 0 Å². The minimum Gasteiger partial charge on any atom is -0.315 e. The van der Waals surface area contributed by atoms with Crippen LogP contribution < -0.4 is 5.73 Å². The molecule has 0 saturated heterocycles. The number of benzene rings is 1. The van der Waals surface area contributed by atoms with Crippen LogP contribution in [0.4, 0.5) is 0 Å². The fraction of sp³-hybridized carbons (Fsp3) is 0.385. The van der Waals surface area contributed by atoms with Gasteiger partial charge >= 0.3 is 0 Å². The highest BCUT2D eigenvalue weighted by Gasteiger charge is 2.32. The minimum absolute atomic E-state index is 0.573. The number of aromatic nitrogens is 3. The zero-order valence-corrected chi connectivity index (χ0v) is 9.93. The first kappa shape index (κ1) is 10.5. The predicted octanol–water partition coefficient (Wildman–Crippen LogP) is 1.45. The third-order valence-electron chi connectivity index (χ3n) is 3.45. The van der Waals surface area contributed by atoms with Gasteiger partial charge in [0, 0.05) is 13.0 Å². The van der Waals surface area contributed by atoms with Crippen molar-refractivity contribution >= 4 is 0 Å². The van der Waals surface area contributed by atoms with Crippen molar-refractivity contribution in [1.29, 1.82) is 0 Å². The van der Waals surface area contributed by atoms with Crippen LogP contribution in [0.25, 0.3) is 0 Å². The zero-order valence-electron chi connectivity index (χ0n) is 9.93. The molecule has 4 heteroatoms. The molecule has 1 aliphatic rings. The first-order valence-electron chi connectivity index (χ1n) is 5.96. The maximum Gasteiger partial charge on any atom is 0.157 e. The maximum absolute atomic E-state index is 6.45. The second-order valence-corrected chi connectivity index (χ2v) is 4.76. The van der Waals surface area contributed by atoms with E-state index in [0.717, 1.165) is 36.6 Å². The van der Waals surface area contributed by atoms with Crippen molar-refractivity contribution in [2.24, 2.45) is 5.73 Å². The molecule has 4 nitrogen and oxygen atoms in total. The molecule has 0 saturated carbocycles. The van der Waals surface area contributed by atoms with Crippen LogP contribution in [0.1, 0.15) is 30.6 Å². The van der Waals surface area contributed by atoms with E-state index in [1.54, 1.807) is 0 Å². The fourth-order valence-electron chi connectivity index (χ4n) is 2.45. The lowest BCUT2D eigenvalue weighted by molar-refractivity contribution is 0.515. The summed E-state index contributed by atoms with van der Waals surface area (Å²) in [6, 6.07) is 10.1. The second-order valence-electron chi connectivity index (χ2n) is 4.76. The van der Waals surface area contributed by atoms with E-state index in [0.29, 0.717) is 0 Å². The summed E-state index contributed by atoms with van der Waals surface area (Å²) in [7, 11) is 0. The van der Waals surface area contributed by atoms with Crippen LogP contribution >= 0.6 is 0 Å². The molecule has 0 spiro atoms. The van der Waals surface area contributed by atoms with Gasteiger partial charge in [-0.15, -0.1) is 10.2 Å². The van der Waals surface area contributed by atoms with Gasteiger partial charge in [-0.3, -0.25) is 0 Å². The molecule has 1 aromatic carbocycles. The van der Waals surface area contributed by atoms with Gasteiger partial charge in [-0.25, -0.2) is 0 Å². The molecule has 1 aromatic heterocycles. The summed E-state index contributed by atoms with van der Waals surface area (Å²) in [6.45, 7) is 2.98. The van der Waals surface area contributed by atoms with Gasteiger partial charge in [0.15, 0.2) is 5.82 Å². The molecule has 1 unspecified atom stereocenters. The van der Waals surface area contributed by atoms with E-state index in [1.165, 1.54) is 0 Å². The van der Waals surface area contributed by atoms with E-state index < -0.39 is 5.54 Å². The normalized spacial score (nSPS) is 17.8. The highest BCUT2D eigenvalue weighted by Crippen LogP contribution is 2.27. The number of nitrogens with zero attached hydrogens (tertiary/aromatic N) is 3. The molecule has 1 aliphatic heterocycles. The van der Waals surface area contributed by atoms with Crippen molar-refractivity contribution in [3.8, 4) is 0 Å². The lowest BCUT2D eigenvalue weighted by Crippen LogP contribution is -2.37.